The molecule has 0 aromatic carbocycles. The number of nitriles is 1. The quantitative estimate of drug-likeness (QED) is 0.651. The normalized spacial score (nSPS) is 20.8. The predicted octanol–water partition coefficient (Wildman–Crippen LogP) is 1.24. The zero-order chi connectivity index (χ0) is 9.42. The molecule has 2 rings (SSSR count). The van der Waals surface area contributed by atoms with Crippen LogP contribution in [0.4, 0.5) is 5.00 Å². The molecule has 1 aliphatic rings. The van der Waals surface area contributed by atoms with Gasteiger partial charge in [-0.05, 0) is 18.9 Å². The molecule has 68 valence electrons. The number of rotatable bonds is 0. The van der Waals surface area contributed by atoms with Gasteiger partial charge >= 0.3 is 0 Å². The summed E-state index contributed by atoms with van der Waals surface area (Å²) < 4.78 is 0. The highest BCUT2D eigenvalue weighted by atomic mass is 32.1. The molecule has 0 unspecified atom stereocenters. The molecule has 1 atom stereocenters. The van der Waals surface area contributed by atoms with Crippen molar-refractivity contribution in [3.8, 4) is 6.07 Å². The fourth-order valence-corrected chi connectivity index (χ4v) is 2.66. The first-order valence-corrected chi connectivity index (χ1v) is 5.07. The lowest BCUT2D eigenvalue weighted by Crippen LogP contribution is -2.32. The summed E-state index contributed by atoms with van der Waals surface area (Å²) in [6, 6.07) is 2.63. The van der Waals surface area contributed by atoms with E-state index in [1.807, 2.05) is 0 Å². The van der Waals surface area contributed by atoms with Gasteiger partial charge in [-0.3, -0.25) is 0 Å². The molecule has 2 heterocycles. The second kappa shape index (κ2) is 3.02. The van der Waals surface area contributed by atoms with E-state index in [2.05, 4.69) is 18.3 Å². The number of hydrogen-bond donors (Lipinski definition) is 2. The largest absolute Gasteiger partial charge is 0.389 e. The third-order valence-corrected chi connectivity index (χ3v) is 3.41. The molecule has 1 aromatic heterocycles. The van der Waals surface area contributed by atoms with Crippen molar-refractivity contribution in [1.82, 2.24) is 5.32 Å². The van der Waals surface area contributed by atoms with Crippen molar-refractivity contribution in [2.24, 2.45) is 0 Å². The summed E-state index contributed by atoms with van der Waals surface area (Å²) in [4.78, 5) is 1.23. The topological polar surface area (TPSA) is 61.8 Å². The van der Waals surface area contributed by atoms with Crippen LogP contribution in [0.2, 0.25) is 0 Å². The smallest absolute Gasteiger partial charge is 0.104 e. The summed E-state index contributed by atoms with van der Waals surface area (Å²) in [6.45, 7) is 2.98. The van der Waals surface area contributed by atoms with Crippen LogP contribution in [-0.2, 0) is 13.0 Å². The Morgan fingerprint density at radius 1 is 1.69 bits per heavy atom. The van der Waals surface area contributed by atoms with E-state index in [1.165, 1.54) is 16.2 Å². The van der Waals surface area contributed by atoms with Gasteiger partial charge < -0.3 is 11.1 Å². The molecule has 0 amide bonds. The van der Waals surface area contributed by atoms with Gasteiger partial charge in [0.15, 0.2) is 0 Å². The van der Waals surface area contributed by atoms with Crippen LogP contribution in [0, 0.1) is 11.3 Å². The number of nitrogens with one attached hydrogen (secondary N) is 1. The van der Waals surface area contributed by atoms with Crippen LogP contribution in [0.15, 0.2) is 0 Å². The SMILES string of the molecule is C[C@H]1Cc2c(sc(N)c2C#N)CN1. The second-order valence-corrected chi connectivity index (χ2v) is 4.48. The Morgan fingerprint density at radius 2 is 2.46 bits per heavy atom. The minimum Gasteiger partial charge on any atom is -0.389 e. The van der Waals surface area contributed by atoms with Crippen LogP contribution in [0.5, 0.6) is 0 Å². The van der Waals surface area contributed by atoms with Crippen LogP contribution in [0.1, 0.15) is 22.9 Å². The minimum absolute atomic E-state index is 0.452. The van der Waals surface area contributed by atoms with Crippen molar-refractivity contribution in [1.29, 1.82) is 5.26 Å². The van der Waals surface area contributed by atoms with E-state index in [9.17, 15) is 0 Å². The monoisotopic (exact) mass is 193 g/mol. The first-order valence-electron chi connectivity index (χ1n) is 4.26. The fourth-order valence-electron chi connectivity index (χ4n) is 1.66. The average Bonchev–Trinajstić information content (AvgIpc) is 2.40. The standard InChI is InChI=1S/C9H11N3S/c1-5-2-6-7(3-10)9(11)13-8(6)4-12-5/h5,12H,2,4,11H2,1H3/t5-/m0/s1. The second-order valence-electron chi connectivity index (χ2n) is 3.34. The summed E-state index contributed by atoms with van der Waals surface area (Å²) >= 11 is 1.54. The molecular formula is C9H11N3S. The minimum atomic E-state index is 0.452. The van der Waals surface area contributed by atoms with Crippen molar-refractivity contribution in [2.45, 2.75) is 25.9 Å². The molecular weight excluding hydrogens is 182 g/mol. The van der Waals surface area contributed by atoms with Gasteiger partial charge in [-0.1, -0.05) is 0 Å². The van der Waals surface area contributed by atoms with Crippen LogP contribution in [-0.4, -0.2) is 6.04 Å². The van der Waals surface area contributed by atoms with E-state index in [4.69, 9.17) is 11.0 Å². The number of nitrogens with two attached hydrogens (primary N) is 1. The van der Waals surface area contributed by atoms with Crippen LogP contribution in [0.25, 0.3) is 0 Å². The van der Waals surface area contributed by atoms with Gasteiger partial charge in [-0.15, -0.1) is 11.3 Å². The number of anilines is 1. The Hall–Kier alpha value is -1.05. The maximum absolute atomic E-state index is 8.91. The molecule has 1 aromatic rings. The Morgan fingerprint density at radius 3 is 3.15 bits per heavy atom. The molecule has 4 heteroatoms. The highest BCUT2D eigenvalue weighted by Gasteiger charge is 2.21. The summed E-state index contributed by atoms with van der Waals surface area (Å²) in [5, 5.41) is 12.9. The van der Waals surface area contributed by atoms with Crippen molar-refractivity contribution >= 4 is 16.3 Å². The highest BCUT2D eigenvalue weighted by molar-refractivity contribution is 7.16. The Bertz CT molecular complexity index is 375. The molecule has 3 nitrogen and oxygen atoms in total. The zero-order valence-corrected chi connectivity index (χ0v) is 8.24. The summed E-state index contributed by atoms with van der Waals surface area (Å²) in [5.74, 6) is 0. The van der Waals surface area contributed by atoms with Gasteiger partial charge in [0, 0.05) is 17.5 Å². The number of nitrogen functional groups attached to an aromatic ring is 1. The maximum Gasteiger partial charge on any atom is 0.104 e. The van der Waals surface area contributed by atoms with Crippen molar-refractivity contribution < 1.29 is 0 Å². The molecule has 0 spiro atoms. The molecule has 1 aliphatic heterocycles. The van der Waals surface area contributed by atoms with Crippen molar-refractivity contribution in [3.63, 3.8) is 0 Å². The number of nitrogens with zero attached hydrogens (tertiary/aromatic N) is 1. The van der Waals surface area contributed by atoms with Crippen LogP contribution >= 0.6 is 11.3 Å². The third-order valence-electron chi connectivity index (χ3n) is 2.35. The Kier molecular flexibility index (Phi) is 1.98. The van der Waals surface area contributed by atoms with E-state index in [1.54, 1.807) is 0 Å². The maximum atomic E-state index is 8.91. The van der Waals surface area contributed by atoms with Crippen LogP contribution < -0.4 is 11.1 Å². The molecule has 0 saturated heterocycles. The van der Waals surface area contributed by atoms with E-state index < -0.39 is 0 Å². The van der Waals surface area contributed by atoms with Gasteiger partial charge in [-0.25, -0.2) is 0 Å². The lowest BCUT2D eigenvalue weighted by atomic mass is 10.00. The number of hydrogen-bond acceptors (Lipinski definition) is 4. The van der Waals surface area contributed by atoms with Gasteiger partial charge in [-0.2, -0.15) is 5.26 Å². The lowest BCUT2D eigenvalue weighted by Gasteiger charge is -2.19. The number of fused-ring (bicyclic) bond motifs is 1. The molecule has 13 heavy (non-hydrogen) atoms. The predicted molar refractivity (Wildman–Crippen MR) is 53.5 cm³/mol. The molecule has 0 fully saturated rings. The Labute approximate surface area is 81.2 Å². The van der Waals surface area contributed by atoms with E-state index in [0.29, 0.717) is 16.6 Å². The zero-order valence-electron chi connectivity index (χ0n) is 7.42. The van der Waals surface area contributed by atoms with E-state index in [-0.39, 0.29) is 0 Å². The fraction of sp³-hybridized carbons (Fsp3) is 0.444. The van der Waals surface area contributed by atoms with Gasteiger partial charge in [0.05, 0.1) is 5.56 Å². The first kappa shape index (κ1) is 8.54. The summed E-state index contributed by atoms with van der Waals surface area (Å²) in [5.41, 5.74) is 7.61. The van der Waals surface area contributed by atoms with Gasteiger partial charge in [0.25, 0.3) is 0 Å². The van der Waals surface area contributed by atoms with E-state index >= 15 is 0 Å². The lowest BCUT2D eigenvalue weighted by molar-refractivity contribution is 0.519. The highest BCUT2D eigenvalue weighted by Crippen LogP contribution is 2.33. The van der Waals surface area contributed by atoms with Gasteiger partial charge in [0.2, 0.25) is 0 Å². The average molecular weight is 193 g/mol. The summed E-state index contributed by atoms with van der Waals surface area (Å²) in [7, 11) is 0. The summed E-state index contributed by atoms with van der Waals surface area (Å²) in [6.07, 6.45) is 0.923. The van der Waals surface area contributed by atoms with Crippen molar-refractivity contribution in [2.75, 3.05) is 5.73 Å². The molecule has 0 radical (unpaired) electrons. The van der Waals surface area contributed by atoms with Crippen LogP contribution in [0.3, 0.4) is 0 Å². The molecule has 0 saturated carbocycles. The molecule has 3 N–H and O–H groups in total. The first-order chi connectivity index (χ1) is 6.22. The Balaban J connectivity index is 2.50. The van der Waals surface area contributed by atoms with E-state index in [0.717, 1.165) is 18.5 Å². The molecule has 0 bridgehead atoms. The third kappa shape index (κ3) is 1.30. The van der Waals surface area contributed by atoms with Crippen molar-refractivity contribution in [3.05, 3.63) is 16.0 Å². The number of thiophene rings is 1. The molecule has 0 aliphatic carbocycles. The van der Waals surface area contributed by atoms with Gasteiger partial charge in [0.1, 0.15) is 11.1 Å².